The molecule has 0 aliphatic carbocycles. The number of nitrogens with zero attached hydrogens (tertiary/aromatic N) is 1. The molecule has 0 aliphatic heterocycles. The van der Waals surface area contributed by atoms with Crippen LogP contribution in [0.1, 0.15) is 17.3 Å². The first-order valence-electron chi connectivity index (χ1n) is 6.59. The molecule has 3 aromatic rings. The second-order valence-corrected chi connectivity index (χ2v) is 5.42. The summed E-state index contributed by atoms with van der Waals surface area (Å²) in [4.78, 5) is 19.3. The molecule has 0 atom stereocenters. The number of carbonyl (C=O) groups is 1. The minimum atomic E-state index is -0.322. The van der Waals surface area contributed by atoms with Crippen LogP contribution in [0, 0.1) is 0 Å². The second kappa shape index (κ2) is 5.69. The third-order valence-corrected chi connectivity index (χ3v) is 3.83. The molecule has 1 aromatic carbocycles. The summed E-state index contributed by atoms with van der Waals surface area (Å²) in [6, 6.07) is 9.49. The lowest BCUT2D eigenvalue weighted by atomic mass is 10.1. The molecule has 0 aliphatic rings. The third kappa shape index (κ3) is 2.69. The standard InChI is InChI=1S/C16H13BrN2O2/c1-2-21-16(20)11-6-13(17)12-8-14(19-15(12)7-11)10-4-3-5-18-9-10/h3-9,19H,2H2,1H3. The van der Waals surface area contributed by atoms with Gasteiger partial charge in [-0.1, -0.05) is 15.9 Å². The molecular weight excluding hydrogens is 332 g/mol. The number of rotatable bonds is 3. The van der Waals surface area contributed by atoms with E-state index in [-0.39, 0.29) is 5.97 Å². The van der Waals surface area contributed by atoms with Gasteiger partial charge in [-0.2, -0.15) is 0 Å². The Bertz CT molecular complexity index is 797. The van der Waals surface area contributed by atoms with Crippen molar-refractivity contribution >= 4 is 32.8 Å². The molecule has 2 heterocycles. The van der Waals surface area contributed by atoms with Gasteiger partial charge in [-0.15, -0.1) is 0 Å². The third-order valence-electron chi connectivity index (χ3n) is 3.17. The van der Waals surface area contributed by atoms with Crippen LogP contribution in [0.15, 0.2) is 47.2 Å². The predicted molar refractivity (Wildman–Crippen MR) is 85.2 cm³/mol. The number of pyridine rings is 1. The summed E-state index contributed by atoms with van der Waals surface area (Å²) in [6.45, 7) is 2.15. The van der Waals surface area contributed by atoms with Crippen LogP contribution < -0.4 is 0 Å². The molecule has 5 heteroatoms. The number of hydrogen-bond acceptors (Lipinski definition) is 3. The number of carbonyl (C=O) groups excluding carboxylic acids is 1. The molecule has 0 amide bonds. The Morgan fingerprint density at radius 2 is 2.24 bits per heavy atom. The van der Waals surface area contributed by atoms with E-state index in [1.807, 2.05) is 18.2 Å². The molecule has 1 N–H and O–H groups in total. The lowest BCUT2D eigenvalue weighted by molar-refractivity contribution is 0.0526. The van der Waals surface area contributed by atoms with Crippen molar-refractivity contribution in [2.24, 2.45) is 0 Å². The first kappa shape index (κ1) is 13.8. The number of esters is 1. The lowest BCUT2D eigenvalue weighted by Gasteiger charge is -2.03. The van der Waals surface area contributed by atoms with Crippen LogP contribution in [-0.2, 0) is 4.74 Å². The van der Waals surface area contributed by atoms with E-state index in [0.717, 1.165) is 26.6 Å². The van der Waals surface area contributed by atoms with Gasteiger partial charge in [0.2, 0.25) is 0 Å². The monoisotopic (exact) mass is 344 g/mol. The molecule has 21 heavy (non-hydrogen) atoms. The average Bonchev–Trinajstić information content (AvgIpc) is 2.93. The van der Waals surface area contributed by atoms with Gasteiger partial charge in [-0.3, -0.25) is 4.98 Å². The topological polar surface area (TPSA) is 55.0 Å². The minimum absolute atomic E-state index is 0.322. The zero-order valence-electron chi connectivity index (χ0n) is 11.4. The highest BCUT2D eigenvalue weighted by molar-refractivity contribution is 9.10. The van der Waals surface area contributed by atoms with Crippen molar-refractivity contribution in [2.75, 3.05) is 6.61 Å². The summed E-state index contributed by atoms with van der Waals surface area (Å²) in [5.74, 6) is -0.322. The molecule has 0 saturated carbocycles. The SMILES string of the molecule is CCOC(=O)c1cc(Br)c2cc(-c3cccnc3)[nH]c2c1. The Hall–Kier alpha value is -2.14. The van der Waals surface area contributed by atoms with Gasteiger partial charge in [0.05, 0.1) is 12.2 Å². The van der Waals surface area contributed by atoms with Gasteiger partial charge in [-0.05, 0) is 37.3 Å². The highest BCUT2D eigenvalue weighted by atomic mass is 79.9. The molecule has 0 spiro atoms. The highest BCUT2D eigenvalue weighted by Gasteiger charge is 2.12. The van der Waals surface area contributed by atoms with Gasteiger partial charge >= 0.3 is 5.97 Å². The van der Waals surface area contributed by atoms with Crippen molar-refractivity contribution in [1.29, 1.82) is 0 Å². The molecule has 0 fully saturated rings. The van der Waals surface area contributed by atoms with Crippen LogP contribution in [0.4, 0.5) is 0 Å². The first-order valence-corrected chi connectivity index (χ1v) is 7.38. The Balaban J connectivity index is 2.09. The number of halogens is 1. The van der Waals surface area contributed by atoms with E-state index in [9.17, 15) is 4.79 Å². The van der Waals surface area contributed by atoms with E-state index in [4.69, 9.17) is 4.74 Å². The molecule has 106 valence electrons. The van der Waals surface area contributed by atoms with E-state index < -0.39 is 0 Å². The van der Waals surface area contributed by atoms with Crippen molar-refractivity contribution in [3.05, 3.63) is 52.8 Å². The normalized spacial score (nSPS) is 10.8. The van der Waals surface area contributed by atoms with Gasteiger partial charge in [0.1, 0.15) is 0 Å². The van der Waals surface area contributed by atoms with Gasteiger partial charge in [0.15, 0.2) is 0 Å². The van der Waals surface area contributed by atoms with E-state index in [0.29, 0.717) is 12.2 Å². The Morgan fingerprint density at radius 3 is 2.95 bits per heavy atom. The molecule has 0 unspecified atom stereocenters. The number of H-pyrrole nitrogens is 1. The van der Waals surface area contributed by atoms with Crippen LogP contribution in [-0.4, -0.2) is 22.5 Å². The maximum atomic E-state index is 11.9. The molecule has 0 radical (unpaired) electrons. The first-order chi connectivity index (χ1) is 10.2. The highest BCUT2D eigenvalue weighted by Crippen LogP contribution is 2.30. The van der Waals surface area contributed by atoms with E-state index in [2.05, 4.69) is 25.9 Å². The molecule has 0 saturated heterocycles. The zero-order chi connectivity index (χ0) is 14.8. The van der Waals surface area contributed by atoms with Gasteiger partial charge in [0, 0.05) is 39.0 Å². The van der Waals surface area contributed by atoms with Crippen molar-refractivity contribution in [3.63, 3.8) is 0 Å². The predicted octanol–water partition coefficient (Wildman–Crippen LogP) is 4.17. The quantitative estimate of drug-likeness (QED) is 0.725. The van der Waals surface area contributed by atoms with Crippen molar-refractivity contribution < 1.29 is 9.53 Å². The second-order valence-electron chi connectivity index (χ2n) is 4.56. The number of benzene rings is 1. The minimum Gasteiger partial charge on any atom is -0.462 e. The van der Waals surface area contributed by atoms with Crippen molar-refractivity contribution in [1.82, 2.24) is 9.97 Å². The Kier molecular flexibility index (Phi) is 3.75. The maximum absolute atomic E-state index is 11.9. The van der Waals surface area contributed by atoms with Crippen molar-refractivity contribution in [2.45, 2.75) is 6.92 Å². The van der Waals surface area contributed by atoms with Gasteiger partial charge < -0.3 is 9.72 Å². The molecule has 4 nitrogen and oxygen atoms in total. The number of fused-ring (bicyclic) bond motifs is 1. The molecule has 3 rings (SSSR count). The van der Waals surface area contributed by atoms with E-state index in [1.54, 1.807) is 31.5 Å². The summed E-state index contributed by atoms with van der Waals surface area (Å²) < 4.78 is 5.90. The number of aromatic nitrogens is 2. The average molecular weight is 345 g/mol. The summed E-state index contributed by atoms with van der Waals surface area (Å²) in [5, 5.41) is 1.02. The zero-order valence-corrected chi connectivity index (χ0v) is 13.0. The Labute approximate surface area is 130 Å². The number of nitrogens with one attached hydrogen (secondary N) is 1. The fraction of sp³-hybridized carbons (Fsp3) is 0.125. The van der Waals surface area contributed by atoms with Crippen LogP contribution in [0.3, 0.4) is 0 Å². The maximum Gasteiger partial charge on any atom is 0.338 e. The van der Waals surface area contributed by atoms with Crippen molar-refractivity contribution in [3.8, 4) is 11.3 Å². The summed E-state index contributed by atoms with van der Waals surface area (Å²) in [5.41, 5.74) is 3.36. The van der Waals surface area contributed by atoms with Crippen LogP contribution in [0.5, 0.6) is 0 Å². The lowest BCUT2D eigenvalue weighted by Crippen LogP contribution is -2.04. The summed E-state index contributed by atoms with van der Waals surface area (Å²) >= 11 is 3.51. The summed E-state index contributed by atoms with van der Waals surface area (Å²) in [7, 11) is 0. The van der Waals surface area contributed by atoms with Crippen LogP contribution in [0.25, 0.3) is 22.2 Å². The Morgan fingerprint density at radius 1 is 1.38 bits per heavy atom. The van der Waals surface area contributed by atoms with E-state index in [1.165, 1.54) is 0 Å². The molecule has 0 bridgehead atoms. The fourth-order valence-corrected chi connectivity index (χ4v) is 2.78. The summed E-state index contributed by atoms with van der Waals surface area (Å²) in [6.07, 6.45) is 3.53. The largest absolute Gasteiger partial charge is 0.462 e. The number of hydrogen-bond donors (Lipinski definition) is 1. The van der Waals surface area contributed by atoms with Crippen LogP contribution >= 0.6 is 15.9 Å². The number of aromatic amines is 1. The fourth-order valence-electron chi connectivity index (χ4n) is 2.20. The smallest absolute Gasteiger partial charge is 0.338 e. The van der Waals surface area contributed by atoms with Crippen LogP contribution in [0.2, 0.25) is 0 Å². The number of ether oxygens (including phenoxy) is 1. The molecular formula is C16H13BrN2O2. The van der Waals surface area contributed by atoms with Gasteiger partial charge in [0.25, 0.3) is 0 Å². The molecule has 2 aromatic heterocycles. The van der Waals surface area contributed by atoms with Gasteiger partial charge in [-0.25, -0.2) is 4.79 Å². The van der Waals surface area contributed by atoms with E-state index >= 15 is 0 Å².